The van der Waals surface area contributed by atoms with E-state index in [-0.39, 0.29) is 5.84 Å². The fourth-order valence-corrected chi connectivity index (χ4v) is 0.563. The molecule has 0 atom stereocenters. The van der Waals surface area contributed by atoms with Crippen molar-refractivity contribution in [3.63, 3.8) is 0 Å². The van der Waals surface area contributed by atoms with Crippen LogP contribution in [0.3, 0.4) is 0 Å². The zero-order chi connectivity index (χ0) is 6.91. The summed E-state index contributed by atoms with van der Waals surface area (Å²) in [7, 11) is 0. The Morgan fingerprint density at radius 2 is 2.33 bits per heavy atom. The second kappa shape index (κ2) is 2.18. The van der Waals surface area contributed by atoms with Crippen molar-refractivity contribution in [2.24, 2.45) is 5.16 Å². The zero-order valence-corrected chi connectivity index (χ0v) is 5.57. The van der Waals surface area contributed by atoms with Crippen LogP contribution in [-0.2, 0) is 4.94 Å². The van der Waals surface area contributed by atoms with Crippen LogP contribution in [0.4, 0.5) is 0 Å². The smallest absolute Gasteiger partial charge is 0.255 e. The lowest BCUT2D eigenvalue weighted by atomic mass is 10.6. The van der Waals surface area contributed by atoms with E-state index in [1.807, 2.05) is 0 Å². The van der Waals surface area contributed by atoms with Gasteiger partial charge in [0, 0.05) is 0 Å². The molecule has 0 aromatic heterocycles. The molecule has 1 aliphatic heterocycles. The number of amidine groups is 1. The molecule has 1 rings (SSSR count). The molecule has 1 heterocycles. The first-order valence-electron chi connectivity index (χ1n) is 1.96. The number of alkyl halides is 2. The quantitative estimate of drug-likeness (QED) is 0.207. The predicted molar refractivity (Wildman–Crippen MR) is 31.0 cm³/mol. The van der Waals surface area contributed by atoms with Crippen LogP contribution in [0.5, 0.6) is 0 Å². The van der Waals surface area contributed by atoms with E-state index in [2.05, 4.69) is 21.1 Å². The van der Waals surface area contributed by atoms with Crippen molar-refractivity contribution >= 4 is 29.0 Å². The van der Waals surface area contributed by atoms with E-state index in [9.17, 15) is 0 Å². The standard InChI is InChI=1S/C2H3Cl2N3O2/c3-2(4)1(5-8)6-9-7-2/h7-8H,(H,5,6). The van der Waals surface area contributed by atoms with Crippen LogP contribution in [0, 0.1) is 0 Å². The van der Waals surface area contributed by atoms with Crippen LogP contribution >= 0.6 is 23.2 Å². The van der Waals surface area contributed by atoms with E-state index in [0.29, 0.717) is 0 Å². The maximum Gasteiger partial charge on any atom is 0.255 e. The molecule has 5 nitrogen and oxygen atoms in total. The van der Waals surface area contributed by atoms with Crippen molar-refractivity contribution in [2.45, 2.75) is 4.46 Å². The molecule has 0 spiro atoms. The largest absolute Gasteiger partial charge is 0.409 e. The fourth-order valence-electron chi connectivity index (χ4n) is 0.334. The maximum absolute atomic E-state index is 8.14. The topological polar surface area (TPSA) is 65.9 Å². The molecule has 9 heavy (non-hydrogen) atoms. The van der Waals surface area contributed by atoms with Crippen molar-refractivity contribution in [1.82, 2.24) is 11.0 Å². The first-order chi connectivity index (χ1) is 4.17. The summed E-state index contributed by atoms with van der Waals surface area (Å²) in [5, 5.41) is 10.8. The van der Waals surface area contributed by atoms with Gasteiger partial charge in [-0.3, -0.25) is 0 Å². The molecule has 0 unspecified atom stereocenters. The molecule has 0 radical (unpaired) electrons. The van der Waals surface area contributed by atoms with Crippen LogP contribution in [0.15, 0.2) is 5.16 Å². The third-order valence-corrected chi connectivity index (χ3v) is 1.24. The zero-order valence-electron chi connectivity index (χ0n) is 4.06. The van der Waals surface area contributed by atoms with Crippen molar-refractivity contribution in [3.8, 4) is 0 Å². The molecular formula is C2H3Cl2N3O2. The lowest BCUT2D eigenvalue weighted by Crippen LogP contribution is -2.33. The van der Waals surface area contributed by atoms with Crippen LogP contribution in [0.1, 0.15) is 0 Å². The van der Waals surface area contributed by atoms with Crippen LogP contribution in [-0.4, -0.2) is 15.5 Å². The maximum atomic E-state index is 8.14. The minimum Gasteiger partial charge on any atom is -0.409 e. The van der Waals surface area contributed by atoms with Gasteiger partial charge in [0.25, 0.3) is 4.46 Å². The summed E-state index contributed by atoms with van der Waals surface area (Å²) in [4.78, 5) is 4.31. The van der Waals surface area contributed by atoms with E-state index in [4.69, 9.17) is 28.4 Å². The number of rotatable bonds is 0. The molecule has 0 aliphatic carbocycles. The second-order valence-electron chi connectivity index (χ2n) is 1.33. The number of nitrogens with zero attached hydrogens (tertiary/aromatic N) is 1. The van der Waals surface area contributed by atoms with E-state index in [1.54, 1.807) is 0 Å². The van der Waals surface area contributed by atoms with E-state index >= 15 is 0 Å². The van der Waals surface area contributed by atoms with Crippen LogP contribution in [0.2, 0.25) is 0 Å². The van der Waals surface area contributed by atoms with Crippen LogP contribution in [0.25, 0.3) is 0 Å². The van der Waals surface area contributed by atoms with Gasteiger partial charge < -0.3 is 5.21 Å². The molecular weight excluding hydrogens is 169 g/mol. The fraction of sp³-hybridized carbons (Fsp3) is 0.500. The molecule has 1 fully saturated rings. The highest BCUT2D eigenvalue weighted by Crippen LogP contribution is 2.20. The number of oxime groups is 1. The molecule has 52 valence electrons. The Hall–Kier alpha value is -0.230. The molecule has 3 N–H and O–H groups in total. The van der Waals surface area contributed by atoms with Gasteiger partial charge in [-0.05, 0) is 0 Å². The van der Waals surface area contributed by atoms with Gasteiger partial charge in [-0.1, -0.05) is 28.4 Å². The van der Waals surface area contributed by atoms with Gasteiger partial charge in [0.2, 0.25) is 5.84 Å². The van der Waals surface area contributed by atoms with Gasteiger partial charge in [0.1, 0.15) is 0 Å². The minimum absolute atomic E-state index is 0.0918. The summed E-state index contributed by atoms with van der Waals surface area (Å²) < 4.78 is -1.48. The Kier molecular flexibility index (Phi) is 1.67. The lowest BCUT2D eigenvalue weighted by molar-refractivity contribution is 0.0262. The predicted octanol–water partition coefficient (Wildman–Crippen LogP) is -0.0551. The van der Waals surface area contributed by atoms with Crippen molar-refractivity contribution < 1.29 is 10.1 Å². The molecule has 0 saturated carbocycles. The Morgan fingerprint density at radius 3 is 2.56 bits per heavy atom. The van der Waals surface area contributed by atoms with Crippen LogP contribution < -0.4 is 11.0 Å². The molecule has 0 amide bonds. The average molecular weight is 172 g/mol. The van der Waals surface area contributed by atoms with Crippen molar-refractivity contribution in [3.05, 3.63) is 0 Å². The summed E-state index contributed by atoms with van der Waals surface area (Å²) in [5.41, 5.74) is 4.25. The Morgan fingerprint density at radius 1 is 1.67 bits per heavy atom. The summed E-state index contributed by atoms with van der Waals surface area (Å²) in [6.45, 7) is 0. The summed E-state index contributed by atoms with van der Waals surface area (Å²) in [6, 6.07) is 0. The first kappa shape index (κ1) is 6.88. The Balaban J connectivity index is 2.75. The van der Waals surface area contributed by atoms with E-state index in [0.717, 1.165) is 0 Å². The molecule has 0 aromatic rings. The van der Waals surface area contributed by atoms with Crippen molar-refractivity contribution in [2.75, 3.05) is 0 Å². The number of nitrogens with one attached hydrogen (secondary N) is 2. The van der Waals surface area contributed by atoms with Gasteiger partial charge in [0.05, 0.1) is 0 Å². The molecule has 7 heteroatoms. The number of hydrogen-bond donors (Lipinski definition) is 3. The summed E-state index contributed by atoms with van der Waals surface area (Å²) in [6.07, 6.45) is 0. The van der Waals surface area contributed by atoms with Gasteiger partial charge in [-0.2, -0.15) is 4.94 Å². The summed E-state index contributed by atoms with van der Waals surface area (Å²) in [5.74, 6) is -0.0918. The Bertz CT molecular complexity index is 147. The van der Waals surface area contributed by atoms with Gasteiger partial charge >= 0.3 is 0 Å². The Labute approximate surface area is 60.5 Å². The molecule has 0 bridgehead atoms. The van der Waals surface area contributed by atoms with Gasteiger partial charge in [-0.25, -0.2) is 5.48 Å². The highest BCUT2D eigenvalue weighted by atomic mass is 35.5. The SMILES string of the molecule is ON=C1NONC1(Cl)Cl. The number of halogens is 2. The normalized spacial score (nSPS) is 28.4. The third-order valence-electron chi connectivity index (χ3n) is 0.724. The van der Waals surface area contributed by atoms with Gasteiger partial charge in [-0.15, -0.1) is 5.48 Å². The third kappa shape index (κ3) is 1.19. The van der Waals surface area contributed by atoms with E-state index in [1.165, 1.54) is 0 Å². The van der Waals surface area contributed by atoms with Gasteiger partial charge in [0.15, 0.2) is 0 Å². The first-order valence-corrected chi connectivity index (χ1v) is 2.72. The average Bonchev–Trinajstić information content (AvgIpc) is 2.08. The molecule has 1 saturated heterocycles. The highest BCUT2D eigenvalue weighted by Gasteiger charge is 2.38. The van der Waals surface area contributed by atoms with E-state index < -0.39 is 4.46 Å². The highest BCUT2D eigenvalue weighted by molar-refractivity contribution is 6.58. The minimum atomic E-state index is -1.48. The van der Waals surface area contributed by atoms with Crippen molar-refractivity contribution in [1.29, 1.82) is 0 Å². The number of hydroxylamine groups is 2. The monoisotopic (exact) mass is 171 g/mol. The number of hydrogen-bond acceptors (Lipinski definition) is 4. The second-order valence-corrected chi connectivity index (χ2v) is 2.66. The lowest BCUT2D eigenvalue weighted by Gasteiger charge is -2.04. The molecule has 0 aromatic carbocycles. The summed E-state index contributed by atoms with van der Waals surface area (Å²) >= 11 is 10.8. The molecule has 1 aliphatic rings.